The van der Waals surface area contributed by atoms with Crippen LogP contribution >= 0.6 is 23.4 Å². The van der Waals surface area contributed by atoms with Crippen LogP contribution in [0.1, 0.15) is 0 Å². The van der Waals surface area contributed by atoms with E-state index in [1.165, 1.54) is 12.4 Å². The van der Waals surface area contributed by atoms with Crippen LogP contribution < -0.4 is 5.32 Å². The quantitative estimate of drug-likeness (QED) is 0.856. The van der Waals surface area contributed by atoms with Gasteiger partial charge in [-0.3, -0.25) is 0 Å². The summed E-state index contributed by atoms with van der Waals surface area (Å²) in [5.41, 5.74) is 0.519. The van der Waals surface area contributed by atoms with E-state index < -0.39 is 5.76 Å². The Hall–Kier alpha value is -1.40. The summed E-state index contributed by atoms with van der Waals surface area (Å²) in [6, 6.07) is 6.70. The maximum absolute atomic E-state index is 12.4. The van der Waals surface area contributed by atoms with Crippen LogP contribution in [-0.2, 0) is 0 Å². The highest BCUT2D eigenvalue weighted by atomic mass is 35.5. The molecule has 0 saturated heterocycles. The van der Waals surface area contributed by atoms with Crippen LogP contribution in [0.4, 0.5) is 20.3 Å². The molecule has 1 aromatic carbocycles. The largest absolute Gasteiger partial charge is 0.337 e. The number of nitrogens with zero attached hydrogens (tertiary/aromatic N) is 2. The summed E-state index contributed by atoms with van der Waals surface area (Å²) in [4.78, 5) is 8.27. The van der Waals surface area contributed by atoms with Crippen molar-refractivity contribution in [2.45, 2.75) is 10.7 Å². The number of aromatic nitrogens is 2. The van der Waals surface area contributed by atoms with E-state index in [-0.39, 0.29) is 5.15 Å². The van der Waals surface area contributed by atoms with Crippen LogP contribution in [0.15, 0.2) is 41.6 Å². The Bertz CT molecular complexity index is 539. The molecule has 1 N–H and O–H groups in total. The summed E-state index contributed by atoms with van der Waals surface area (Å²) < 4.78 is 24.8. The van der Waals surface area contributed by atoms with Gasteiger partial charge in [0.1, 0.15) is 0 Å². The van der Waals surface area contributed by atoms with E-state index in [0.29, 0.717) is 28.2 Å². The van der Waals surface area contributed by atoms with E-state index in [4.69, 9.17) is 11.6 Å². The minimum Gasteiger partial charge on any atom is -0.337 e. The van der Waals surface area contributed by atoms with Crippen molar-refractivity contribution in [3.05, 3.63) is 41.8 Å². The van der Waals surface area contributed by atoms with E-state index in [2.05, 4.69) is 15.3 Å². The van der Waals surface area contributed by atoms with Crippen molar-refractivity contribution < 1.29 is 8.78 Å². The second-order valence-corrected chi connectivity index (χ2v) is 4.59. The fourth-order valence-corrected chi connectivity index (χ4v) is 2.05. The van der Waals surface area contributed by atoms with Crippen LogP contribution in [0.3, 0.4) is 0 Å². The van der Waals surface area contributed by atoms with Crippen molar-refractivity contribution in [2.75, 3.05) is 5.32 Å². The van der Waals surface area contributed by atoms with Gasteiger partial charge >= 0.3 is 0 Å². The smallest absolute Gasteiger partial charge is 0.288 e. The zero-order valence-corrected chi connectivity index (χ0v) is 10.6. The average molecular weight is 288 g/mol. The minimum atomic E-state index is -2.48. The highest BCUT2D eigenvalue weighted by Crippen LogP contribution is 2.33. The molecule has 0 atom stereocenters. The molecule has 0 radical (unpaired) electrons. The molecular weight excluding hydrogens is 280 g/mol. The molecule has 94 valence electrons. The lowest BCUT2D eigenvalue weighted by Crippen LogP contribution is -1.97. The van der Waals surface area contributed by atoms with E-state index in [1.807, 2.05) is 0 Å². The number of benzene rings is 1. The number of hydrogen-bond donors (Lipinski definition) is 1. The number of alkyl halides is 2. The molecule has 7 heteroatoms. The summed E-state index contributed by atoms with van der Waals surface area (Å²) >= 11 is 6.30. The van der Waals surface area contributed by atoms with Crippen molar-refractivity contribution in [3.63, 3.8) is 0 Å². The van der Waals surface area contributed by atoms with Crippen LogP contribution in [0.2, 0.25) is 5.15 Å². The Morgan fingerprint density at radius 3 is 2.61 bits per heavy atom. The van der Waals surface area contributed by atoms with Gasteiger partial charge in [0.05, 0.1) is 5.69 Å². The first-order chi connectivity index (χ1) is 8.66. The van der Waals surface area contributed by atoms with E-state index in [1.54, 1.807) is 24.3 Å². The van der Waals surface area contributed by atoms with Gasteiger partial charge in [-0.05, 0) is 12.1 Å². The predicted molar refractivity (Wildman–Crippen MR) is 68.6 cm³/mol. The Morgan fingerprint density at radius 2 is 1.89 bits per heavy atom. The molecule has 2 aromatic rings. The van der Waals surface area contributed by atoms with Gasteiger partial charge in [0, 0.05) is 17.3 Å². The van der Waals surface area contributed by atoms with Gasteiger partial charge in [0.25, 0.3) is 5.76 Å². The fraction of sp³-hybridized carbons (Fsp3) is 0.0909. The van der Waals surface area contributed by atoms with Gasteiger partial charge < -0.3 is 5.32 Å². The van der Waals surface area contributed by atoms with Gasteiger partial charge in [0.2, 0.25) is 0 Å². The molecule has 1 aromatic heterocycles. The third kappa shape index (κ3) is 3.30. The third-order valence-corrected chi connectivity index (χ3v) is 3.07. The Balaban J connectivity index is 2.26. The highest BCUT2D eigenvalue weighted by Gasteiger charge is 2.11. The molecule has 0 saturated carbocycles. The van der Waals surface area contributed by atoms with Crippen molar-refractivity contribution >= 4 is 34.9 Å². The molecule has 0 aliphatic rings. The molecule has 2 rings (SSSR count). The van der Waals surface area contributed by atoms with Crippen LogP contribution in [0, 0.1) is 0 Å². The molecular formula is C11H8ClF2N3S. The third-order valence-electron chi connectivity index (χ3n) is 2.01. The molecule has 3 nitrogen and oxygen atoms in total. The summed E-state index contributed by atoms with van der Waals surface area (Å²) in [5.74, 6) is -2.15. The van der Waals surface area contributed by atoms with Gasteiger partial charge in [-0.1, -0.05) is 35.5 Å². The number of thioether (sulfide) groups is 1. The number of hydrogen-bond acceptors (Lipinski definition) is 4. The van der Waals surface area contributed by atoms with Crippen molar-refractivity contribution in [1.82, 2.24) is 9.97 Å². The lowest BCUT2D eigenvalue weighted by atomic mass is 10.3. The second-order valence-electron chi connectivity index (χ2n) is 3.20. The highest BCUT2D eigenvalue weighted by molar-refractivity contribution is 7.99. The van der Waals surface area contributed by atoms with Crippen molar-refractivity contribution in [3.8, 4) is 0 Å². The lowest BCUT2D eigenvalue weighted by Gasteiger charge is -2.10. The standard InChI is InChI=1S/C11H8ClF2N3S/c12-9-10(16-6-5-15-9)17-7-3-1-2-4-8(7)18-11(13)14/h1-6,11H,(H,16,17). The molecule has 0 spiro atoms. The Morgan fingerprint density at radius 1 is 1.17 bits per heavy atom. The lowest BCUT2D eigenvalue weighted by molar-refractivity contribution is 0.252. The fourth-order valence-electron chi connectivity index (χ4n) is 1.30. The molecule has 0 aliphatic carbocycles. The van der Waals surface area contributed by atoms with Crippen LogP contribution in [-0.4, -0.2) is 15.7 Å². The SMILES string of the molecule is FC(F)Sc1ccccc1Nc1nccnc1Cl. The van der Waals surface area contributed by atoms with E-state index >= 15 is 0 Å². The minimum absolute atomic E-state index is 0.189. The first-order valence-electron chi connectivity index (χ1n) is 4.94. The zero-order chi connectivity index (χ0) is 13.0. The number of para-hydroxylation sites is 1. The average Bonchev–Trinajstić information content (AvgIpc) is 2.34. The van der Waals surface area contributed by atoms with Crippen molar-refractivity contribution in [1.29, 1.82) is 0 Å². The monoisotopic (exact) mass is 287 g/mol. The predicted octanol–water partition coefficient (Wildman–Crippen LogP) is 4.19. The first kappa shape index (κ1) is 13.0. The van der Waals surface area contributed by atoms with E-state index in [0.717, 1.165) is 0 Å². The zero-order valence-electron chi connectivity index (χ0n) is 8.98. The molecule has 18 heavy (non-hydrogen) atoms. The van der Waals surface area contributed by atoms with Crippen LogP contribution in [0.25, 0.3) is 0 Å². The molecule has 0 bridgehead atoms. The number of nitrogens with one attached hydrogen (secondary N) is 1. The van der Waals surface area contributed by atoms with E-state index in [9.17, 15) is 8.78 Å². The van der Waals surface area contributed by atoms with Gasteiger partial charge in [-0.25, -0.2) is 9.97 Å². The molecule has 0 unspecified atom stereocenters. The number of anilines is 2. The topological polar surface area (TPSA) is 37.8 Å². The second kappa shape index (κ2) is 5.97. The molecule has 0 amide bonds. The van der Waals surface area contributed by atoms with Crippen molar-refractivity contribution in [2.24, 2.45) is 0 Å². The van der Waals surface area contributed by atoms with Gasteiger partial charge in [0.15, 0.2) is 11.0 Å². The summed E-state index contributed by atoms with van der Waals surface area (Å²) in [6.07, 6.45) is 2.92. The molecule has 0 aliphatic heterocycles. The normalized spacial score (nSPS) is 10.7. The summed E-state index contributed by atoms with van der Waals surface area (Å²) in [7, 11) is 0. The summed E-state index contributed by atoms with van der Waals surface area (Å²) in [6.45, 7) is 0. The Kier molecular flexibility index (Phi) is 4.33. The number of rotatable bonds is 4. The molecule has 0 fully saturated rings. The first-order valence-corrected chi connectivity index (χ1v) is 6.20. The summed E-state index contributed by atoms with van der Waals surface area (Å²) in [5, 5.41) is 3.08. The number of halogens is 3. The Labute approximate surface area is 112 Å². The molecule has 1 heterocycles. The van der Waals surface area contributed by atoms with Crippen LogP contribution in [0.5, 0.6) is 0 Å². The van der Waals surface area contributed by atoms with Gasteiger partial charge in [-0.15, -0.1) is 0 Å². The van der Waals surface area contributed by atoms with Gasteiger partial charge in [-0.2, -0.15) is 8.78 Å². The maximum Gasteiger partial charge on any atom is 0.288 e. The maximum atomic E-state index is 12.4.